The van der Waals surface area contributed by atoms with Crippen molar-refractivity contribution in [2.24, 2.45) is 0 Å². The molecule has 0 radical (unpaired) electrons. The Hall–Kier alpha value is -1.26. The molecule has 1 heterocycles. The minimum absolute atomic E-state index is 0.695. The topological polar surface area (TPSA) is 33.7 Å². The minimum atomic E-state index is 0.695. The van der Waals surface area contributed by atoms with Gasteiger partial charge in [0.1, 0.15) is 0 Å². The van der Waals surface area contributed by atoms with Crippen molar-refractivity contribution in [1.29, 1.82) is 0 Å². The van der Waals surface area contributed by atoms with E-state index >= 15 is 0 Å². The number of hydrogen-bond donors (Lipinski definition) is 1. The first-order valence-electron chi connectivity index (χ1n) is 6.78. The van der Waals surface area contributed by atoms with Crippen LogP contribution in [0.25, 0.3) is 0 Å². The molecule has 106 valence electrons. The summed E-state index contributed by atoms with van der Waals surface area (Å²) in [5, 5.41) is 3.31. The highest BCUT2D eigenvalue weighted by Gasteiger charge is 2.21. The van der Waals surface area contributed by atoms with Crippen LogP contribution in [-0.2, 0) is 6.42 Å². The predicted octanol–water partition coefficient (Wildman–Crippen LogP) is 1.46. The van der Waals surface area contributed by atoms with Gasteiger partial charge in [0, 0.05) is 25.7 Å². The molecule has 0 aliphatic carbocycles. The van der Waals surface area contributed by atoms with Gasteiger partial charge in [-0.15, -0.1) is 0 Å². The number of hydrogen-bond acceptors (Lipinski definition) is 4. The molecule has 1 aliphatic heterocycles. The van der Waals surface area contributed by atoms with E-state index < -0.39 is 0 Å². The van der Waals surface area contributed by atoms with E-state index in [-0.39, 0.29) is 0 Å². The summed E-state index contributed by atoms with van der Waals surface area (Å²) in [5.74, 6) is 1.62. The van der Waals surface area contributed by atoms with Gasteiger partial charge in [0.05, 0.1) is 14.2 Å². The number of methoxy groups -OCH3 is 2. The second-order valence-corrected chi connectivity index (χ2v) is 5.18. The molecule has 0 unspecified atom stereocenters. The van der Waals surface area contributed by atoms with Crippen molar-refractivity contribution in [2.45, 2.75) is 19.4 Å². The van der Waals surface area contributed by atoms with Gasteiger partial charge in [-0.3, -0.25) is 0 Å². The molecule has 0 saturated carbocycles. The normalized spacial score (nSPS) is 15.4. The van der Waals surface area contributed by atoms with Gasteiger partial charge in [0.25, 0.3) is 0 Å². The first-order chi connectivity index (χ1) is 9.15. The molecule has 19 heavy (non-hydrogen) atoms. The monoisotopic (exact) mass is 264 g/mol. The molecule has 1 saturated heterocycles. The minimum Gasteiger partial charge on any atom is -0.493 e. The van der Waals surface area contributed by atoms with E-state index in [1.807, 2.05) is 0 Å². The van der Waals surface area contributed by atoms with Crippen LogP contribution in [0.4, 0.5) is 0 Å². The summed E-state index contributed by atoms with van der Waals surface area (Å²) in [5.41, 5.74) is 2.59. The molecule has 0 spiro atoms. The average molecular weight is 264 g/mol. The number of rotatable bonds is 6. The molecule has 1 N–H and O–H groups in total. The van der Waals surface area contributed by atoms with Crippen LogP contribution in [0.3, 0.4) is 0 Å². The molecule has 0 amide bonds. The van der Waals surface area contributed by atoms with Crippen molar-refractivity contribution in [1.82, 2.24) is 10.2 Å². The largest absolute Gasteiger partial charge is 0.493 e. The van der Waals surface area contributed by atoms with Crippen LogP contribution in [-0.4, -0.2) is 51.8 Å². The zero-order valence-electron chi connectivity index (χ0n) is 12.3. The highest BCUT2D eigenvalue weighted by Crippen LogP contribution is 2.30. The fraction of sp³-hybridized carbons (Fsp3) is 0.600. The third kappa shape index (κ3) is 3.19. The van der Waals surface area contributed by atoms with Gasteiger partial charge in [-0.1, -0.05) is 0 Å². The van der Waals surface area contributed by atoms with E-state index in [2.05, 4.69) is 36.3 Å². The van der Waals surface area contributed by atoms with Crippen LogP contribution in [0.15, 0.2) is 12.1 Å². The lowest BCUT2D eigenvalue weighted by Crippen LogP contribution is -2.56. The molecular formula is C15H24N2O2. The maximum absolute atomic E-state index is 5.37. The Bertz CT molecular complexity index is 430. The van der Waals surface area contributed by atoms with Crippen LogP contribution in [0.2, 0.25) is 0 Å². The smallest absolute Gasteiger partial charge is 0.161 e. The van der Waals surface area contributed by atoms with Crippen molar-refractivity contribution in [3.63, 3.8) is 0 Å². The summed E-state index contributed by atoms with van der Waals surface area (Å²) in [7, 11) is 5.55. The second-order valence-electron chi connectivity index (χ2n) is 5.18. The molecule has 1 aliphatic rings. The molecule has 1 aromatic carbocycles. The summed E-state index contributed by atoms with van der Waals surface area (Å²) in [4.78, 5) is 2.42. The summed E-state index contributed by atoms with van der Waals surface area (Å²) < 4.78 is 10.7. The van der Waals surface area contributed by atoms with Crippen molar-refractivity contribution in [2.75, 3.05) is 40.9 Å². The Labute approximate surface area is 115 Å². The Balaban J connectivity index is 2.02. The number of aryl methyl sites for hydroxylation is 1. The number of likely N-dealkylation sites (N-methyl/N-ethyl adjacent to an activating group) is 1. The van der Waals surface area contributed by atoms with E-state index in [1.54, 1.807) is 14.2 Å². The van der Waals surface area contributed by atoms with Crippen LogP contribution < -0.4 is 14.8 Å². The zero-order chi connectivity index (χ0) is 13.8. The SMILES string of the molecule is COc1cc(C)c(CCN(C)C2CNC2)cc1OC. The summed E-state index contributed by atoms with van der Waals surface area (Å²) in [6.45, 7) is 5.42. The molecule has 1 aromatic rings. The first-order valence-corrected chi connectivity index (χ1v) is 6.78. The van der Waals surface area contributed by atoms with E-state index in [4.69, 9.17) is 9.47 Å². The Morgan fingerprint density at radius 1 is 1.21 bits per heavy atom. The van der Waals surface area contributed by atoms with Gasteiger partial charge in [-0.05, 0) is 43.7 Å². The predicted molar refractivity (Wildman–Crippen MR) is 77.3 cm³/mol. The van der Waals surface area contributed by atoms with Crippen LogP contribution in [0.1, 0.15) is 11.1 Å². The maximum Gasteiger partial charge on any atom is 0.161 e. The molecule has 1 fully saturated rings. The standard InChI is InChI=1S/C15H24N2O2/c1-11-7-14(18-3)15(19-4)8-12(11)5-6-17(2)13-9-16-10-13/h7-8,13,16H,5-6,9-10H2,1-4H3. The van der Waals surface area contributed by atoms with Crippen molar-refractivity contribution in [3.8, 4) is 11.5 Å². The van der Waals surface area contributed by atoms with E-state index in [1.165, 1.54) is 11.1 Å². The Kier molecular flexibility index (Phi) is 4.66. The highest BCUT2D eigenvalue weighted by molar-refractivity contribution is 5.47. The molecule has 4 heteroatoms. The fourth-order valence-electron chi connectivity index (χ4n) is 2.36. The van der Waals surface area contributed by atoms with Crippen molar-refractivity contribution in [3.05, 3.63) is 23.3 Å². The Morgan fingerprint density at radius 2 is 1.84 bits per heavy atom. The number of nitrogens with one attached hydrogen (secondary N) is 1. The number of ether oxygens (including phenoxy) is 2. The van der Waals surface area contributed by atoms with Gasteiger partial charge >= 0.3 is 0 Å². The molecule has 0 bridgehead atoms. The quantitative estimate of drug-likeness (QED) is 0.843. The van der Waals surface area contributed by atoms with E-state index in [0.29, 0.717) is 6.04 Å². The fourth-order valence-corrected chi connectivity index (χ4v) is 2.36. The molecule has 0 aromatic heterocycles. The van der Waals surface area contributed by atoms with Crippen LogP contribution in [0.5, 0.6) is 11.5 Å². The summed E-state index contributed by atoms with van der Waals surface area (Å²) in [6, 6.07) is 4.85. The lowest BCUT2D eigenvalue weighted by Gasteiger charge is -2.35. The third-order valence-corrected chi connectivity index (χ3v) is 3.96. The Morgan fingerprint density at radius 3 is 2.37 bits per heavy atom. The third-order valence-electron chi connectivity index (χ3n) is 3.96. The number of benzene rings is 1. The van der Waals surface area contributed by atoms with E-state index in [9.17, 15) is 0 Å². The number of nitrogens with zero attached hydrogens (tertiary/aromatic N) is 1. The second kappa shape index (κ2) is 6.26. The summed E-state index contributed by atoms with van der Waals surface area (Å²) >= 11 is 0. The van der Waals surface area contributed by atoms with Gasteiger partial charge < -0.3 is 19.7 Å². The summed E-state index contributed by atoms with van der Waals surface area (Å²) in [6.07, 6.45) is 1.04. The molecule has 4 nitrogen and oxygen atoms in total. The molecular weight excluding hydrogens is 240 g/mol. The average Bonchev–Trinajstić information content (AvgIpc) is 2.34. The zero-order valence-corrected chi connectivity index (χ0v) is 12.3. The van der Waals surface area contributed by atoms with Gasteiger partial charge in [0.2, 0.25) is 0 Å². The van der Waals surface area contributed by atoms with Crippen LogP contribution >= 0.6 is 0 Å². The van der Waals surface area contributed by atoms with Gasteiger partial charge in [-0.25, -0.2) is 0 Å². The molecule has 0 atom stereocenters. The van der Waals surface area contributed by atoms with Gasteiger partial charge in [-0.2, -0.15) is 0 Å². The van der Waals surface area contributed by atoms with E-state index in [0.717, 1.165) is 37.6 Å². The van der Waals surface area contributed by atoms with Crippen molar-refractivity contribution >= 4 is 0 Å². The molecule has 2 rings (SSSR count). The lowest BCUT2D eigenvalue weighted by molar-refractivity contribution is 0.182. The van der Waals surface area contributed by atoms with Crippen molar-refractivity contribution < 1.29 is 9.47 Å². The lowest BCUT2D eigenvalue weighted by atomic mass is 10.0. The van der Waals surface area contributed by atoms with Gasteiger partial charge in [0.15, 0.2) is 11.5 Å². The maximum atomic E-state index is 5.37. The van der Waals surface area contributed by atoms with Crippen LogP contribution in [0, 0.1) is 6.92 Å². The first kappa shape index (κ1) is 14.2. The highest BCUT2D eigenvalue weighted by atomic mass is 16.5.